The highest BCUT2D eigenvalue weighted by Crippen LogP contribution is 2.22. The average molecular weight is 253 g/mol. The zero-order valence-corrected chi connectivity index (χ0v) is 11.5. The van der Waals surface area contributed by atoms with E-state index in [9.17, 15) is 0 Å². The molecule has 0 spiro atoms. The van der Waals surface area contributed by atoms with Gasteiger partial charge in [-0.15, -0.1) is 0 Å². The van der Waals surface area contributed by atoms with Gasteiger partial charge in [0.15, 0.2) is 5.82 Å². The van der Waals surface area contributed by atoms with Crippen LogP contribution in [0, 0.1) is 5.92 Å². The van der Waals surface area contributed by atoms with Crippen molar-refractivity contribution in [2.45, 2.75) is 45.1 Å². The molecule has 0 aliphatic carbocycles. The Hall–Kier alpha value is -0.940. The van der Waals surface area contributed by atoms with Crippen molar-refractivity contribution in [1.82, 2.24) is 15.5 Å². The Labute approximate surface area is 108 Å². The van der Waals surface area contributed by atoms with Crippen LogP contribution in [0.3, 0.4) is 0 Å². The highest BCUT2D eigenvalue weighted by Gasteiger charge is 2.23. The van der Waals surface area contributed by atoms with Crippen LogP contribution in [0.4, 0.5) is 0 Å². The number of hydrogen-bond donors (Lipinski definition) is 1. The lowest BCUT2D eigenvalue weighted by atomic mass is 10.0. The Morgan fingerprint density at radius 3 is 2.89 bits per heavy atom. The molecule has 0 bridgehead atoms. The summed E-state index contributed by atoms with van der Waals surface area (Å²) < 4.78 is 10.7. The standard InChI is InChI=1S/C13H23N3O2/c1-9(2)6-11(14-3)7-12-15-13(16-18-12)10-4-5-17-8-10/h9-11,14H,4-8H2,1-3H3. The molecule has 18 heavy (non-hydrogen) atoms. The van der Waals surface area contributed by atoms with Crippen LogP contribution >= 0.6 is 0 Å². The highest BCUT2D eigenvalue weighted by atomic mass is 16.5. The number of likely N-dealkylation sites (N-methyl/N-ethyl adjacent to an activating group) is 1. The van der Waals surface area contributed by atoms with Crippen LogP contribution in [0.2, 0.25) is 0 Å². The molecule has 1 aromatic heterocycles. The average Bonchev–Trinajstić information content (AvgIpc) is 2.97. The molecule has 0 aromatic carbocycles. The summed E-state index contributed by atoms with van der Waals surface area (Å²) in [6.45, 7) is 5.97. The van der Waals surface area contributed by atoms with E-state index in [2.05, 4.69) is 29.3 Å². The quantitative estimate of drug-likeness (QED) is 0.837. The van der Waals surface area contributed by atoms with Gasteiger partial charge >= 0.3 is 0 Å². The predicted octanol–water partition coefficient (Wildman–Crippen LogP) is 1.75. The van der Waals surface area contributed by atoms with E-state index >= 15 is 0 Å². The number of nitrogens with one attached hydrogen (secondary N) is 1. The molecule has 5 heteroatoms. The second-order valence-corrected chi connectivity index (χ2v) is 5.43. The van der Waals surface area contributed by atoms with Gasteiger partial charge in [-0.05, 0) is 25.8 Å². The third kappa shape index (κ3) is 3.53. The lowest BCUT2D eigenvalue weighted by Crippen LogP contribution is -2.29. The van der Waals surface area contributed by atoms with Gasteiger partial charge in [-0.1, -0.05) is 19.0 Å². The van der Waals surface area contributed by atoms with Gasteiger partial charge in [-0.2, -0.15) is 4.98 Å². The van der Waals surface area contributed by atoms with Crippen molar-refractivity contribution in [2.75, 3.05) is 20.3 Å². The van der Waals surface area contributed by atoms with E-state index in [1.165, 1.54) is 0 Å². The van der Waals surface area contributed by atoms with Gasteiger partial charge in [0.25, 0.3) is 0 Å². The molecule has 0 amide bonds. The maximum absolute atomic E-state index is 5.34. The van der Waals surface area contributed by atoms with E-state index in [1.54, 1.807) is 0 Å². The highest BCUT2D eigenvalue weighted by molar-refractivity contribution is 4.98. The zero-order valence-electron chi connectivity index (χ0n) is 11.5. The molecule has 2 heterocycles. The number of aromatic nitrogens is 2. The van der Waals surface area contributed by atoms with Crippen LogP contribution in [0.1, 0.15) is 44.3 Å². The fourth-order valence-electron chi connectivity index (χ4n) is 2.34. The summed E-state index contributed by atoms with van der Waals surface area (Å²) in [6.07, 6.45) is 2.91. The van der Waals surface area contributed by atoms with E-state index in [0.29, 0.717) is 17.9 Å². The van der Waals surface area contributed by atoms with Crippen LogP contribution in [0.15, 0.2) is 4.52 Å². The normalized spacial score (nSPS) is 21.7. The molecular formula is C13H23N3O2. The number of hydrogen-bond acceptors (Lipinski definition) is 5. The second-order valence-electron chi connectivity index (χ2n) is 5.43. The van der Waals surface area contributed by atoms with Gasteiger partial charge in [0.2, 0.25) is 5.89 Å². The fraction of sp³-hybridized carbons (Fsp3) is 0.846. The third-order valence-corrected chi connectivity index (χ3v) is 3.36. The summed E-state index contributed by atoms with van der Waals surface area (Å²) >= 11 is 0. The van der Waals surface area contributed by atoms with Crippen molar-refractivity contribution in [3.8, 4) is 0 Å². The van der Waals surface area contributed by atoms with Gasteiger partial charge in [0.1, 0.15) is 0 Å². The van der Waals surface area contributed by atoms with Gasteiger partial charge in [0, 0.05) is 25.0 Å². The molecule has 2 rings (SSSR count). The first kappa shape index (κ1) is 13.5. The SMILES string of the molecule is CNC(Cc1nc(C2CCOC2)no1)CC(C)C. The largest absolute Gasteiger partial charge is 0.381 e. The topological polar surface area (TPSA) is 60.2 Å². The summed E-state index contributed by atoms with van der Waals surface area (Å²) in [5.41, 5.74) is 0. The Morgan fingerprint density at radius 2 is 2.28 bits per heavy atom. The molecule has 1 aliphatic rings. The van der Waals surface area contributed by atoms with Crippen molar-refractivity contribution >= 4 is 0 Å². The van der Waals surface area contributed by atoms with Crippen molar-refractivity contribution in [2.24, 2.45) is 5.92 Å². The van der Waals surface area contributed by atoms with E-state index in [-0.39, 0.29) is 0 Å². The molecule has 5 nitrogen and oxygen atoms in total. The second kappa shape index (κ2) is 6.29. The fourth-order valence-corrected chi connectivity index (χ4v) is 2.34. The molecule has 2 unspecified atom stereocenters. The molecular weight excluding hydrogens is 230 g/mol. The molecule has 0 saturated carbocycles. The Kier molecular flexibility index (Phi) is 4.72. The van der Waals surface area contributed by atoms with Crippen LogP contribution in [0.5, 0.6) is 0 Å². The van der Waals surface area contributed by atoms with Gasteiger partial charge in [0.05, 0.1) is 6.61 Å². The molecule has 1 N–H and O–H groups in total. The lowest BCUT2D eigenvalue weighted by Gasteiger charge is -2.15. The molecule has 1 fully saturated rings. The van der Waals surface area contributed by atoms with E-state index < -0.39 is 0 Å². The van der Waals surface area contributed by atoms with Crippen LogP contribution in [0.25, 0.3) is 0 Å². The summed E-state index contributed by atoms with van der Waals surface area (Å²) in [5, 5.41) is 7.38. The van der Waals surface area contributed by atoms with Gasteiger partial charge < -0.3 is 14.6 Å². The Balaban J connectivity index is 1.92. The molecule has 2 atom stereocenters. The number of rotatable bonds is 6. The molecule has 0 radical (unpaired) electrons. The predicted molar refractivity (Wildman–Crippen MR) is 68.5 cm³/mol. The Morgan fingerprint density at radius 1 is 1.44 bits per heavy atom. The lowest BCUT2D eigenvalue weighted by molar-refractivity contribution is 0.192. The maximum Gasteiger partial charge on any atom is 0.228 e. The number of nitrogens with zero attached hydrogens (tertiary/aromatic N) is 2. The minimum Gasteiger partial charge on any atom is -0.381 e. The van der Waals surface area contributed by atoms with Crippen molar-refractivity contribution in [1.29, 1.82) is 0 Å². The summed E-state index contributed by atoms with van der Waals surface area (Å²) in [6, 6.07) is 0.401. The minimum absolute atomic E-state index is 0.320. The first-order valence-corrected chi connectivity index (χ1v) is 6.76. The molecule has 1 aliphatic heterocycles. The zero-order chi connectivity index (χ0) is 13.0. The van der Waals surface area contributed by atoms with Crippen LogP contribution in [-0.4, -0.2) is 36.4 Å². The van der Waals surface area contributed by atoms with Gasteiger partial charge in [-0.3, -0.25) is 0 Å². The van der Waals surface area contributed by atoms with Crippen molar-refractivity contribution in [3.05, 3.63) is 11.7 Å². The van der Waals surface area contributed by atoms with Crippen LogP contribution in [-0.2, 0) is 11.2 Å². The Bertz CT molecular complexity index is 359. The van der Waals surface area contributed by atoms with E-state index in [1.807, 2.05) is 7.05 Å². The smallest absolute Gasteiger partial charge is 0.228 e. The molecule has 1 aromatic rings. The summed E-state index contributed by atoms with van der Waals surface area (Å²) in [4.78, 5) is 4.49. The van der Waals surface area contributed by atoms with E-state index in [4.69, 9.17) is 9.26 Å². The first-order valence-electron chi connectivity index (χ1n) is 6.76. The number of ether oxygens (including phenoxy) is 1. The van der Waals surface area contributed by atoms with Crippen molar-refractivity contribution in [3.63, 3.8) is 0 Å². The maximum atomic E-state index is 5.34. The summed E-state index contributed by atoms with van der Waals surface area (Å²) in [7, 11) is 1.98. The third-order valence-electron chi connectivity index (χ3n) is 3.36. The van der Waals surface area contributed by atoms with Crippen molar-refractivity contribution < 1.29 is 9.26 Å². The van der Waals surface area contributed by atoms with Crippen LogP contribution < -0.4 is 5.32 Å². The first-order chi connectivity index (χ1) is 8.69. The monoisotopic (exact) mass is 253 g/mol. The molecule has 102 valence electrons. The molecule has 1 saturated heterocycles. The van der Waals surface area contributed by atoms with Gasteiger partial charge in [-0.25, -0.2) is 0 Å². The van der Waals surface area contributed by atoms with E-state index in [0.717, 1.165) is 44.2 Å². The minimum atomic E-state index is 0.320. The summed E-state index contributed by atoms with van der Waals surface area (Å²) in [5.74, 6) is 2.52.